The van der Waals surface area contributed by atoms with E-state index in [0.717, 1.165) is 11.3 Å². The molecule has 1 aromatic carbocycles. The van der Waals surface area contributed by atoms with Crippen molar-refractivity contribution >= 4 is 17.8 Å². The molecule has 2 rings (SSSR count). The van der Waals surface area contributed by atoms with Crippen LogP contribution in [0.4, 0.5) is 5.69 Å². The highest BCUT2D eigenvalue weighted by atomic mass is 16.6. The van der Waals surface area contributed by atoms with Gasteiger partial charge < -0.3 is 0 Å². The number of nitro groups is 1. The number of non-ortho nitro benzene ring substituents is 1. The summed E-state index contributed by atoms with van der Waals surface area (Å²) in [6.07, 6.45) is 5.87. The summed E-state index contributed by atoms with van der Waals surface area (Å²) in [4.78, 5) is 10.1. The zero-order valence-electron chi connectivity index (χ0n) is 10.3. The van der Waals surface area contributed by atoms with E-state index in [1.807, 2.05) is 47.9 Å². The van der Waals surface area contributed by atoms with Crippen molar-refractivity contribution in [1.29, 1.82) is 0 Å². The van der Waals surface area contributed by atoms with Gasteiger partial charge in [0.05, 0.1) is 12.0 Å². The SMILES string of the molecule is Cn1c(C=Cc2ccc([N+](=O)[O-])cc2)cc[n+]1C. The maximum Gasteiger partial charge on any atom is 0.269 e. The van der Waals surface area contributed by atoms with E-state index in [1.54, 1.807) is 12.1 Å². The Bertz CT molecular complexity index is 597. The van der Waals surface area contributed by atoms with Crippen molar-refractivity contribution in [2.45, 2.75) is 0 Å². The number of hydrogen-bond acceptors (Lipinski definition) is 2. The molecule has 0 radical (unpaired) electrons. The molecule has 0 saturated heterocycles. The van der Waals surface area contributed by atoms with Crippen molar-refractivity contribution in [3.63, 3.8) is 0 Å². The fourth-order valence-corrected chi connectivity index (χ4v) is 1.63. The predicted molar refractivity (Wildman–Crippen MR) is 68.6 cm³/mol. The lowest BCUT2D eigenvalue weighted by atomic mass is 10.2. The molecule has 1 heterocycles. The fraction of sp³-hybridized carbons (Fsp3) is 0.154. The second-order valence-electron chi connectivity index (χ2n) is 4.02. The number of nitro benzene ring substituents is 1. The van der Waals surface area contributed by atoms with Gasteiger partial charge in [0.1, 0.15) is 5.69 Å². The highest BCUT2D eigenvalue weighted by molar-refractivity contribution is 5.68. The van der Waals surface area contributed by atoms with Gasteiger partial charge in [0.25, 0.3) is 5.69 Å². The molecule has 2 aromatic rings. The van der Waals surface area contributed by atoms with E-state index in [9.17, 15) is 10.1 Å². The van der Waals surface area contributed by atoms with E-state index in [4.69, 9.17) is 0 Å². The number of nitrogens with zero attached hydrogens (tertiary/aromatic N) is 3. The molecule has 0 aliphatic rings. The smallest absolute Gasteiger partial charge is 0.258 e. The minimum atomic E-state index is -0.398. The second kappa shape index (κ2) is 4.83. The minimum Gasteiger partial charge on any atom is -0.258 e. The van der Waals surface area contributed by atoms with Crippen LogP contribution >= 0.6 is 0 Å². The van der Waals surface area contributed by atoms with E-state index in [0.29, 0.717) is 0 Å². The molecule has 5 nitrogen and oxygen atoms in total. The molecule has 92 valence electrons. The van der Waals surface area contributed by atoms with Gasteiger partial charge >= 0.3 is 0 Å². The first-order valence-corrected chi connectivity index (χ1v) is 5.52. The average Bonchev–Trinajstić information content (AvgIpc) is 2.68. The van der Waals surface area contributed by atoms with Crippen LogP contribution in [0.25, 0.3) is 12.2 Å². The van der Waals surface area contributed by atoms with Crippen LogP contribution in [0.2, 0.25) is 0 Å². The van der Waals surface area contributed by atoms with Crippen LogP contribution < -0.4 is 4.68 Å². The van der Waals surface area contributed by atoms with Crippen LogP contribution in [0.1, 0.15) is 11.3 Å². The number of hydrogen-bond donors (Lipinski definition) is 0. The van der Waals surface area contributed by atoms with Gasteiger partial charge in [-0.1, -0.05) is 6.08 Å². The second-order valence-corrected chi connectivity index (χ2v) is 4.02. The van der Waals surface area contributed by atoms with Gasteiger partial charge in [-0.05, 0) is 23.8 Å². The van der Waals surface area contributed by atoms with Gasteiger partial charge in [-0.2, -0.15) is 4.68 Å². The monoisotopic (exact) mass is 244 g/mol. The van der Waals surface area contributed by atoms with E-state index >= 15 is 0 Å². The van der Waals surface area contributed by atoms with E-state index in [-0.39, 0.29) is 5.69 Å². The van der Waals surface area contributed by atoms with Crippen LogP contribution in [0.3, 0.4) is 0 Å². The molecule has 0 aliphatic carbocycles. The molecular formula is C13H14N3O2+. The summed E-state index contributed by atoms with van der Waals surface area (Å²) in [5.41, 5.74) is 2.11. The van der Waals surface area contributed by atoms with E-state index in [1.165, 1.54) is 12.1 Å². The molecule has 0 N–H and O–H groups in total. The largest absolute Gasteiger partial charge is 0.269 e. The van der Waals surface area contributed by atoms with Gasteiger partial charge in [-0.3, -0.25) is 10.1 Å². The first-order chi connectivity index (χ1) is 8.58. The van der Waals surface area contributed by atoms with Gasteiger partial charge in [0.2, 0.25) is 0 Å². The molecule has 0 spiro atoms. The zero-order chi connectivity index (χ0) is 13.1. The Morgan fingerprint density at radius 1 is 1.22 bits per heavy atom. The quantitative estimate of drug-likeness (QED) is 0.470. The molecule has 1 aromatic heterocycles. The van der Waals surface area contributed by atoms with Crippen molar-refractivity contribution in [1.82, 2.24) is 4.68 Å². The first-order valence-electron chi connectivity index (χ1n) is 5.52. The summed E-state index contributed by atoms with van der Waals surface area (Å²) in [6, 6.07) is 8.48. The highest BCUT2D eigenvalue weighted by Gasteiger charge is 2.04. The molecular weight excluding hydrogens is 230 g/mol. The minimum absolute atomic E-state index is 0.109. The van der Waals surface area contributed by atoms with Crippen LogP contribution in [0.5, 0.6) is 0 Å². The maximum absolute atomic E-state index is 10.5. The molecule has 0 fully saturated rings. The molecule has 0 amide bonds. The third-order valence-corrected chi connectivity index (χ3v) is 2.86. The number of rotatable bonds is 3. The Kier molecular flexibility index (Phi) is 3.23. The lowest BCUT2D eigenvalue weighted by Crippen LogP contribution is -2.36. The lowest BCUT2D eigenvalue weighted by Gasteiger charge is -1.95. The molecule has 0 saturated carbocycles. The Morgan fingerprint density at radius 2 is 1.89 bits per heavy atom. The first kappa shape index (κ1) is 12.0. The van der Waals surface area contributed by atoms with Crippen molar-refractivity contribution in [3.05, 3.63) is 57.9 Å². The molecule has 0 bridgehead atoms. The maximum atomic E-state index is 10.5. The Morgan fingerprint density at radius 3 is 2.39 bits per heavy atom. The Labute approximate surface area is 105 Å². The van der Waals surface area contributed by atoms with Crippen molar-refractivity contribution in [2.75, 3.05) is 0 Å². The normalized spacial score (nSPS) is 11.0. The third kappa shape index (κ3) is 2.45. The third-order valence-electron chi connectivity index (χ3n) is 2.86. The number of benzene rings is 1. The zero-order valence-corrected chi connectivity index (χ0v) is 10.3. The van der Waals surface area contributed by atoms with Crippen molar-refractivity contribution in [3.8, 4) is 0 Å². The molecule has 18 heavy (non-hydrogen) atoms. The Balaban J connectivity index is 2.19. The number of aryl methyl sites for hydroxylation is 1. The molecule has 0 aliphatic heterocycles. The summed E-state index contributed by atoms with van der Waals surface area (Å²) in [5, 5.41) is 10.5. The Hall–Kier alpha value is -2.43. The van der Waals surface area contributed by atoms with E-state index in [2.05, 4.69) is 0 Å². The van der Waals surface area contributed by atoms with Gasteiger partial charge in [-0.15, -0.1) is 4.68 Å². The van der Waals surface area contributed by atoms with Crippen molar-refractivity contribution < 1.29 is 9.61 Å². The standard InChI is InChI=1S/C13H14N3O2/c1-14-10-9-12(15(14)2)6-3-11-4-7-13(8-5-11)16(17)18/h3-10H,1-2H3/q+1. The van der Waals surface area contributed by atoms with Crippen LogP contribution in [-0.2, 0) is 14.1 Å². The van der Waals surface area contributed by atoms with Crippen molar-refractivity contribution in [2.24, 2.45) is 14.1 Å². The molecule has 0 unspecified atom stereocenters. The van der Waals surface area contributed by atoms with Gasteiger partial charge in [0, 0.05) is 18.2 Å². The summed E-state index contributed by atoms with van der Waals surface area (Å²) in [7, 11) is 3.93. The van der Waals surface area contributed by atoms with Crippen LogP contribution in [-0.4, -0.2) is 9.61 Å². The molecule has 0 atom stereocenters. The number of aromatic nitrogens is 2. The van der Waals surface area contributed by atoms with E-state index < -0.39 is 4.92 Å². The predicted octanol–water partition coefficient (Wildman–Crippen LogP) is 1.93. The average molecular weight is 244 g/mol. The van der Waals surface area contributed by atoms with Crippen LogP contribution in [0.15, 0.2) is 36.5 Å². The van der Waals surface area contributed by atoms with Gasteiger partial charge in [-0.25, -0.2) is 0 Å². The summed E-state index contributed by atoms with van der Waals surface area (Å²) < 4.78 is 3.97. The molecule has 5 heteroatoms. The highest BCUT2D eigenvalue weighted by Crippen LogP contribution is 2.13. The van der Waals surface area contributed by atoms with Gasteiger partial charge in [0.15, 0.2) is 13.2 Å². The summed E-state index contributed by atoms with van der Waals surface area (Å²) in [5.74, 6) is 0. The lowest BCUT2D eigenvalue weighted by molar-refractivity contribution is -0.751. The topological polar surface area (TPSA) is 51.9 Å². The fourth-order valence-electron chi connectivity index (χ4n) is 1.63. The summed E-state index contributed by atoms with van der Waals surface area (Å²) >= 11 is 0. The summed E-state index contributed by atoms with van der Waals surface area (Å²) in [6.45, 7) is 0. The van der Waals surface area contributed by atoms with Crippen LogP contribution in [0, 0.1) is 10.1 Å².